The van der Waals surface area contributed by atoms with Gasteiger partial charge in [0, 0.05) is 47.5 Å². The molecule has 0 N–H and O–H groups in total. The lowest BCUT2D eigenvalue weighted by atomic mass is 10.1. The van der Waals surface area contributed by atoms with Gasteiger partial charge in [0.1, 0.15) is 0 Å². The highest BCUT2D eigenvalue weighted by Crippen LogP contribution is 2.26. The molecule has 0 aromatic carbocycles. The lowest BCUT2D eigenvalue weighted by Crippen LogP contribution is -2.25. The second-order valence-corrected chi connectivity index (χ2v) is 6.94. The molecule has 2 heterocycles. The average Bonchev–Trinajstić information content (AvgIpc) is 2.56. The Morgan fingerprint density at radius 2 is 2.28 bits per heavy atom. The lowest BCUT2D eigenvalue weighted by Gasteiger charge is -2.16. The van der Waals surface area contributed by atoms with E-state index in [1.165, 1.54) is 17.2 Å². The SMILES string of the molecule is O=C1CC(CS(=O)(=O)Cl)CN1c1ccnc(F)c1. The molecule has 1 aromatic rings. The first kappa shape index (κ1) is 13.2. The number of anilines is 1. The Balaban J connectivity index is 2.15. The molecule has 1 fully saturated rings. The van der Waals surface area contributed by atoms with E-state index in [9.17, 15) is 17.6 Å². The zero-order chi connectivity index (χ0) is 13.3. The van der Waals surface area contributed by atoms with Crippen molar-refractivity contribution in [1.82, 2.24) is 4.98 Å². The number of amides is 1. The minimum atomic E-state index is -3.64. The minimum absolute atomic E-state index is 0.0931. The molecule has 1 atom stereocenters. The molecule has 0 bridgehead atoms. The zero-order valence-corrected chi connectivity index (χ0v) is 10.8. The van der Waals surface area contributed by atoms with Crippen LogP contribution in [0.15, 0.2) is 18.3 Å². The van der Waals surface area contributed by atoms with Gasteiger partial charge in [-0.3, -0.25) is 4.79 Å². The Morgan fingerprint density at radius 1 is 1.56 bits per heavy atom. The third kappa shape index (κ3) is 3.17. The van der Waals surface area contributed by atoms with Crippen molar-refractivity contribution < 1.29 is 17.6 Å². The molecular formula is C10H10ClFN2O3S. The molecule has 0 saturated carbocycles. The third-order valence-electron chi connectivity index (χ3n) is 2.66. The molecule has 98 valence electrons. The monoisotopic (exact) mass is 292 g/mol. The summed E-state index contributed by atoms with van der Waals surface area (Å²) in [7, 11) is 1.51. The first-order chi connectivity index (χ1) is 8.35. The van der Waals surface area contributed by atoms with Crippen molar-refractivity contribution in [2.75, 3.05) is 17.2 Å². The molecule has 1 aliphatic heterocycles. The molecule has 1 unspecified atom stereocenters. The topological polar surface area (TPSA) is 67.3 Å². The largest absolute Gasteiger partial charge is 0.312 e. The van der Waals surface area contributed by atoms with E-state index >= 15 is 0 Å². The van der Waals surface area contributed by atoms with Gasteiger partial charge in [-0.05, 0) is 6.07 Å². The van der Waals surface area contributed by atoms with Crippen LogP contribution in [0.3, 0.4) is 0 Å². The first-order valence-corrected chi connectivity index (χ1v) is 7.67. The summed E-state index contributed by atoms with van der Waals surface area (Å²) in [4.78, 5) is 16.5. The minimum Gasteiger partial charge on any atom is -0.312 e. The van der Waals surface area contributed by atoms with E-state index in [2.05, 4.69) is 4.98 Å². The maximum atomic E-state index is 12.9. The number of carbonyl (C=O) groups is 1. The third-order valence-corrected chi connectivity index (χ3v) is 3.91. The van der Waals surface area contributed by atoms with E-state index in [1.807, 2.05) is 0 Å². The molecule has 1 amide bonds. The number of nitrogens with zero attached hydrogens (tertiary/aromatic N) is 2. The Bertz CT molecular complexity index is 578. The Labute approximate surface area is 108 Å². The van der Waals surface area contributed by atoms with E-state index in [0.29, 0.717) is 5.69 Å². The van der Waals surface area contributed by atoms with Gasteiger partial charge in [-0.2, -0.15) is 4.39 Å². The van der Waals surface area contributed by atoms with Crippen molar-refractivity contribution in [2.24, 2.45) is 5.92 Å². The molecule has 1 aromatic heterocycles. The highest BCUT2D eigenvalue weighted by Gasteiger charge is 2.33. The van der Waals surface area contributed by atoms with Crippen LogP contribution in [0, 0.1) is 11.9 Å². The van der Waals surface area contributed by atoms with E-state index < -0.39 is 15.0 Å². The quantitative estimate of drug-likeness (QED) is 0.619. The number of carbonyl (C=O) groups excluding carboxylic acids is 1. The number of hydrogen-bond donors (Lipinski definition) is 0. The van der Waals surface area contributed by atoms with Gasteiger partial charge in [0.2, 0.25) is 20.9 Å². The van der Waals surface area contributed by atoms with Crippen molar-refractivity contribution in [3.63, 3.8) is 0 Å². The van der Waals surface area contributed by atoms with Crippen LogP contribution in [0.25, 0.3) is 0 Å². The highest BCUT2D eigenvalue weighted by atomic mass is 35.7. The second kappa shape index (κ2) is 4.81. The molecule has 0 aliphatic carbocycles. The van der Waals surface area contributed by atoms with Gasteiger partial charge >= 0.3 is 0 Å². The molecule has 0 spiro atoms. The summed E-state index contributed by atoms with van der Waals surface area (Å²) >= 11 is 0. The molecular weight excluding hydrogens is 283 g/mol. The van der Waals surface area contributed by atoms with Crippen LogP contribution >= 0.6 is 10.7 Å². The highest BCUT2D eigenvalue weighted by molar-refractivity contribution is 8.13. The Hall–Kier alpha value is -1.21. The normalized spacial score (nSPS) is 20.4. The standard InChI is InChI=1S/C10H10ClFN2O3S/c11-18(16,17)6-7-3-10(15)14(5-7)8-1-2-13-9(12)4-8/h1-2,4,7H,3,5-6H2. The number of hydrogen-bond acceptors (Lipinski definition) is 4. The van der Waals surface area contributed by atoms with Crippen LogP contribution in [-0.4, -0.2) is 31.6 Å². The van der Waals surface area contributed by atoms with Crippen molar-refractivity contribution >= 4 is 31.3 Å². The van der Waals surface area contributed by atoms with Crippen LogP contribution < -0.4 is 4.90 Å². The maximum absolute atomic E-state index is 12.9. The molecule has 1 aliphatic rings. The molecule has 2 rings (SSSR count). The Morgan fingerprint density at radius 3 is 2.89 bits per heavy atom. The van der Waals surface area contributed by atoms with Crippen molar-refractivity contribution in [2.45, 2.75) is 6.42 Å². The molecule has 1 saturated heterocycles. The summed E-state index contributed by atoms with van der Waals surface area (Å²) in [5.74, 6) is -1.56. The predicted molar refractivity (Wildman–Crippen MR) is 64.3 cm³/mol. The van der Waals surface area contributed by atoms with E-state index in [4.69, 9.17) is 10.7 Å². The fraction of sp³-hybridized carbons (Fsp3) is 0.400. The zero-order valence-electron chi connectivity index (χ0n) is 9.21. The van der Waals surface area contributed by atoms with E-state index in [0.717, 1.165) is 6.07 Å². The van der Waals surface area contributed by atoms with Gasteiger partial charge in [-0.15, -0.1) is 0 Å². The van der Waals surface area contributed by atoms with Crippen LogP contribution in [-0.2, 0) is 13.8 Å². The number of aromatic nitrogens is 1. The van der Waals surface area contributed by atoms with Gasteiger partial charge < -0.3 is 4.90 Å². The number of rotatable bonds is 3. The van der Waals surface area contributed by atoms with Crippen LogP contribution in [0.5, 0.6) is 0 Å². The summed E-state index contributed by atoms with van der Waals surface area (Å²) in [6.07, 6.45) is 1.35. The van der Waals surface area contributed by atoms with Gasteiger partial charge in [-0.1, -0.05) is 0 Å². The summed E-state index contributed by atoms with van der Waals surface area (Å²) in [6.45, 7) is 0.217. The fourth-order valence-electron chi connectivity index (χ4n) is 1.98. The average molecular weight is 293 g/mol. The Kier molecular flexibility index (Phi) is 3.54. The predicted octanol–water partition coefficient (Wildman–Crippen LogP) is 1.14. The molecule has 0 radical (unpaired) electrons. The number of halogens is 2. The van der Waals surface area contributed by atoms with Gasteiger partial charge in [0.25, 0.3) is 0 Å². The van der Waals surface area contributed by atoms with Crippen molar-refractivity contribution in [3.05, 3.63) is 24.3 Å². The summed E-state index contributed by atoms with van der Waals surface area (Å²) in [5.41, 5.74) is 0.377. The number of pyridine rings is 1. The van der Waals surface area contributed by atoms with Gasteiger partial charge in [-0.25, -0.2) is 13.4 Å². The summed E-state index contributed by atoms with van der Waals surface area (Å²) < 4.78 is 34.9. The second-order valence-electron chi connectivity index (χ2n) is 4.12. The smallest absolute Gasteiger partial charge is 0.232 e. The van der Waals surface area contributed by atoms with Gasteiger partial charge in [0.15, 0.2) is 0 Å². The fourth-order valence-corrected chi connectivity index (χ4v) is 3.31. The van der Waals surface area contributed by atoms with Crippen molar-refractivity contribution in [1.29, 1.82) is 0 Å². The van der Waals surface area contributed by atoms with Crippen LogP contribution in [0.1, 0.15) is 6.42 Å². The molecule has 8 heteroatoms. The van der Waals surface area contributed by atoms with Gasteiger partial charge in [0.05, 0.1) is 5.75 Å². The van der Waals surface area contributed by atoms with Crippen LogP contribution in [0.2, 0.25) is 0 Å². The molecule has 5 nitrogen and oxygen atoms in total. The maximum Gasteiger partial charge on any atom is 0.232 e. The summed E-state index contributed by atoms with van der Waals surface area (Å²) in [6, 6.07) is 2.63. The summed E-state index contributed by atoms with van der Waals surface area (Å²) in [5, 5.41) is 0. The van der Waals surface area contributed by atoms with Crippen LogP contribution in [0.4, 0.5) is 10.1 Å². The van der Waals surface area contributed by atoms with E-state index in [1.54, 1.807) is 0 Å². The first-order valence-electron chi connectivity index (χ1n) is 5.19. The molecule has 18 heavy (non-hydrogen) atoms. The van der Waals surface area contributed by atoms with Crippen molar-refractivity contribution in [3.8, 4) is 0 Å². The van der Waals surface area contributed by atoms with E-state index in [-0.39, 0.29) is 30.5 Å². The lowest BCUT2D eigenvalue weighted by molar-refractivity contribution is -0.117.